The summed E-state index contributed by atoms with van der Waals surface area (Å²) in [5, 5.41) is 0.691. The van der Waals surface area contributed by atoms with Crippen LogP contribution in [0.1, 0.15) is 25.3 Å². The number of carbonyl (C=O) groups excluding carboxylic acids is 2. The van der Waals surface area contributed by atoms with Gasteiger partial charge in [0.05, 0.1) is 17.4 Å². The summed E-state index contributed by atoms with van der Waals surface area (Å²) >= 11 is 1.38. The topological polar surface area (TPSA) is 59.0 Å². The molecule has 0 N–H and O–H groups in total. The maximum Gasteiger partial charge on any atom is 0.310 e. The fraction of sp³-hybridized carbons (Fsp3) is 0.389. The highest BCUT2D eigenvalue weighted by molar-refractivity contribution is 8.18. The van der Waals surface area contributed by atoms with E-state index >= 15 is 0 Å². The predicted molar refractivity (Wildman–Crippen MR) is 95.4 cm³/mol. The van der Waals surface area contributed by atoms with Crippen molar-refractivity contribution in [3.63, 3.8) is 0 Å². The van der Waals surface area contributed by atoms with Crippen molar-refractivity contribution < 1.29 is 14.3 Å². The number of likely N-dealkylation sites (tertiary alicyclic amines) is 1. The second-order valence-corrected chi connectivity index (χ2v) is 6.77. The number of benzene rings is 1. The molecule has 1 saturated heterocycles. The van der Waals surface area contributed by atoms with Crippen LogP contribution in [0.25, 0.3) is 6.08 Å². The lowest BCUT2D eigenvalue weighted by Gasteiger charge is -2.32. The number of aliphatic imine (C=N–C) groups is 1. The van der Waals surface area contributed by atoms with Crippen LogP contribution in [-0.4, -0.2) is 41.6 Å². The third-order valence-electron chi connectivity index (χ3n) is 4.02. The highest BCUT2D eigenvalue weighted by atomic mass is 32.2. The molecule has 2 aliphatic heterocycles. The Kier molecular flexibility index (Phi) is 5.35. The minimum Gasteiger partial charge on any atom is -0.466 e. The van der Waals surface area contributed by atoms with Crippen molar-refractivity contribution in [2.75, 3.05) is 19.7 Å². The van der Waals surface area contributed by atoms with Crippen molar-refractivity contribution >= 4 is 34.9 Å². The second kappa shape index (κ2) is 7.66. The Morgan fingerprint density at radius 1 is 1.42 bits per heavy atom. The van der Waals surface area contributed by atoms with E-state index in [-0.39, 0.29) is 17.8 Å². The number of amidine groups is 1. The van der Waals surface area contributed by atoms with E-state index in [2.05, 4.69) is 4.99 Å². The molecule has 3 rings (SSSR count). The van der Waals surface area contributed by atoms with Gasteiger partial charge in [-0.3, -0.25) is 9.59 Å². The molecule has 126 valence electrons. The van der Waals surface area contributed by atoms with Crippen LogP contribution in [0, 0.1) is 5.92 Å². The average Bonchev–Trinajstić information content (AvgIpc) is 2.97. The molecule has 1 aromatic rings. The van der Waals surface area contributed by atoms with Gasteiger partial charge in [0.1, 0.15) is 0 Å². The fourth-order valence-corrected chi connectivity index (χ4v) is 3.79. The molecule has 0 saturated carbocycles. The highest BCUT2D eigenvalue weighted by Gasteiger charge is 2.32. The molecule has 0 aliphatic carbocycles. The third kappa shape index (κ3) is 3.87. The maximum atomic E-state index is 12.2. The van der Waals surface area contributed by atoms with Crippen molar-refractivity contribution in [3.05, 3.63) is 40.8 Å². The number of piperidine rings is 1. The number of hydrogen-bond acceptors (Lipinski definition) is 5. The Labute approximate surface area is 145 Å². The fourth-order valence-electron chi connectivity index (χ4n) is 2.84. The largest absolute Gasteiger partial charge is 0.466 e. The number of nitrogens with zero attached hydrogens (tertiary/aromatic N) is 2. The average molecular weight is 344 g/mol. The van der Waals surface area contributed by atoms with Gasteiger partial charge in [-0.15, -0.1) is 0 Å². The van der Waals surface area contributed by atoms with E-state index in [1.54, 1.807) is 0 Å². The standard InChI is InChI=1S/C18H20N2O3S/c1-2-23-17(22)14-9-6-10-20(12-14)18-19-16(21)15(24-18)11-13-7-4-3-5-8-13/h3-5,7-8,11,14H,2,6,9-10,12H2,1H3/b15-11-. The van der Waals surface area contributed by atoms with Crippen molar-refractivity contribution in [2.24, 2.45) is 10.9 Å². The van der Waals surface area contributed by atoms with Crippen LogP contribution in [0.3, 0.4) is 0 Å². The van der Waals surface area contributed by atoms with E-state index < -0.39 is 0 Å². The molecular formula is C18H20N2O3S. The van der Waals surface area contributed by atoms with Gasteiger partial charge >= 0.3 is 5.97 Å². The summed E-state index contributed by atoms with van der Waals surface area (Å²) in [4.78, 5) is 30.9. The summed E-state index contributed by atoms with van der Waals surface area (Å²) in [6.45, 7) is 3.59. The first-order chi connectivity index (χ1) is 11.7. The quantitative estimate of drug-likeness (QED) is 0.623. The number of rotatable bonds is 3. The molecule has 1 atom stereocenters. The highest BCUT2D eigenvalue weighted by Crippen LogP contribution is 2.32. The number of thioether (sulfide) groups is 1. The van der Waals surface area contributed by atoms with Crippen LogP contribution >= 0.6 is 11.8 Å². The Morgan fingerprint density at radius 3 is 2.96 bits per heavy atom. The van der Waals surface area contributed by atoms with Crippen LogP contribution in [0.2, 0.25) is 0 Å². The van der Waals surface area contributed by atoms with E-state index in [0.717, 1.165) is 24.9 Å². The van der Waals surface area contributed by atoms with Gasteiger partial charge in [0, 0.05) is 13.1 Å². The minimum absolute atomic E-state index is 0.140. The first kappa shape index (κ1) is 16.8. The monoisotopic (exact) mass is 344 g/mol. The molecular weight excluding hydrogens is 324 g/mol. The van der Waals surface area contributed by atoms with Gasteiger partial charge in [0.25, 0.3) is 5.91 Å². The van der Waals surface area contributed by atoms with Crippen molar-refractivity contribution in [3.8, 4) is 0 Å². The summed E-state index contributed by atoms with van der Waals surface area (Å²) in [6, 6.07) is 9.73. The molecule has 0 radical (unpaired) electrons. The van der Waals surface area contributed by atoms with Crippen LogP contribution in [0.5, 0.6) is 0 Å². The van der Waals surface area contributed by atoms with Crippen LogP contribution in [-0.2, 0) is 14.3 Å². The summed E-state index contributed by atoms with van der Waals surface area (Å²) in [7, 11) is 0. The van der Waals surface area contributed by atoms with E-state index in [9.17, 15) is 9.59 Å². The normalized spacial score (nSPS) is 22.6. The molecule has 1 fully saturated rings. The molecule has 24 heavy (non-hydrogen) atoms. The zero-order valence-electron chi connectivity index (χ0n) is 13.6. The Balaban J connectivity index is 1.68. The molecule has 0 aromatic heterocycles. The lowest BCUT2D eigenvalue weighted by Crippen LogP contribution is -2.41. The molecule has 1 amide bonds. The Morgan fingerprint density at radius 2 is 2.21 bits per heavy atom. The van der Waals surface area contributed by atoms with Gasteiger partial charge in [-0.25, -0.2) is 0 Å². The van der Waals surface area contributed by atoms with Crippen LogP contribution < -0.4 is 0 Å². The van der Waals surface area contributed by atoms with Crippen molar-refractivity contribution in [1.29, 1.82) is 0 Å². The Hall–Kier alpha value is -2.08. The van der Waals surface area contributed by atoms with E-state index in [4.69, 9.17) is 4.74 Å². The van der Waals surface area contributed by atoms with Crippen molar-refractivity contribution in [1.82, 2.24) is 4.90 Å². The molecule has 6 heteroatoms. The molecule has 1 aromatic carbocycles. The lowest BCUT2D eigenvalue weighted by molar-refractivity contribution is -0.149. The second-order valence-electron chi connectivity index (χ2n) is 5.76. The molecule has 2 aliphatic rings. The van der Waals surface area contributed by atoms with E-state index in [1.165, 1.54) is 11.8 Å². The number of esters is 1. The first-order valence-corrected chi connectivity index (χ1v) is 8.98. The number of hydrogen-bond donors (Lipinski definition) is 0. The zero-order valence-corrected chi connectivity index (χ0v) is 14.4. The first-order valence-electron chi connectivity index (χ1n) is 8.16. The number of carbonyl (C=O) groups is 2. The SMILES string of the molecule is CCOC(=O)C1CCCN(C2=NC(=O)/C(=C/c3ccccc3)S2)C1. The van der Waals surface area contributed by atoms with Gasteiger partial charge in [0.15, 0.2) is 5.17 Å². The molecule has 0 spiro atoms. The van der Waals surface area contributed by atoms with Crippen molar-refractivity contribution in [2.45, 2.75) is 19.8 Å². The summed E-state index contributed by atoms with van der Waals surface area (Å²) < 4.78 is 5.12. The zero-order chi connectivity index (χ0) is 16.9. The van der Waals surface area contributed by atoms with Crippen LogP contribution in [0.15, 0.2) is 40.2 Å². The predicted octanol–water partition coefficient (Wildman–Crippen LogP) is 2.93. The Bertz CT molecular complexity index is 685. The molecule has 0 bridgehead atoms. The summed E-state index contributed by atoms with van der Waals surface area (Å²) in [5.41, 5.74) is 0.979. The van der Waals surface area contributed by atoms with E-state index in [0.29, 0.717) is 23.2 Å². The van der Waals surface area contributed by atoms with Gasteiger partial charge in [-0.05, 0) is 43.2 Å². The van der Waals surface area contributed by atoms with Gasteiger partial charge < -0.3 is 9.64 Å². The molecule has 5 nitrogen and oxygen atoms in total. The smallest absolute Gasteiger partial charge is 0.310 e. The maximum absolute atomic E-state index is 12.2. The summed E-state index contributed by atoms with van der Waals surface area (Å²) in [5.74, 6) is -0.506. The summed E-state index contributed by atoms with van der Waals surface area (Å²) in [6.07, 6.45) is 3.58. The number of ether oxygens (including phenoxy) is 1. The van der Waals surface area contributed by atoms with E-state index in [1.807, 2.05) is 48.2 Å². The van der Waals surface area contributed by atoms with Gasteiger partial charge in [-0.2, -0.15) is 4.99 Å². The van der Waals surface area contributed by atoms with Gasteiger partial charge in [0.2, 0.25) is 0 Å². The molecule has 2 heterocycles. The lowest BCUT2D eigenvalue weighted by atomic mass is 9.99. The molecule has 1 unspecified atom stereocenters. The van der Waals surface area contributed by atoms with Gasteiger partial charge in [-0.1, -0.05) is 30.3 Å². The number of amides is 1. The third-order valence-corrected chi connectivity index (χ3v) is 5.06. The van der Waals surface area contributed by atoms with Crippen LogP contribution in [0.4, 0.5) is 0 Å². The minimum atomic E-state index is -0.211.